The van der Waals surface area contributed by atoms with Crippen molar-refractivity contribution < 1.29 is 9.90 Å². The Hall–Kier alpha value is -3.18. The van der Waals surface area contributed by atoms with Crippen LogP contribution in [0.25, 0.3) is 28.1 Å². The average molecular weight is 461 g/mol. The fourth-order valence-electron chi connectivity index (χ4n) is 3.59. The summed E-state index contributed by atoms with van der Waals surface area (Å²) in [7, 11) is 0. The van der Waals surface area contributed by atoms with Crippen LogP contribution in [0.4, 0.5) is 0 Å². The number of nitrogens with zero attached hydrogens (tertiary/aromatic N) is 2. The third-order valence-corrected chi connectivity index (χ3v) is 5.55. The second kappa shape index (κ2) is 8.67. The molecule has 0 spiro atoms. The predicted octanol–water partition coefficient (Wildman–Crippen LogP) is 6.62. The van der Waals surface area contributed by atoms with Crippen LogP contribution in [0.1, 0.15) is 29.4 Å². The number of hydrogen-bond acceptors (Lipinski definition) is 2. The van der Waals surface area contributed by atoms with E-state index in [0.29, 0.717) is 12.1 Å². The number of aromatic nitrogens is 2. The molecule has 0 saturated heterocycles. The van der Waals surface area contributed by atoms with Crippen molar-refractivity contribution in [2.24, 2.45) is 0 Å². The number of carbonyl (C=O) groups is 1. The number of benzene rings is 3. The van der Waals surface area contributed by atoms with Gasteiger partial charge in [-0.25, -0.2) is 9.48 Å². The first-order chi connectivity index (χ1) is 14.6. The Balaban J connectivity index is 1.84. The highest BCUT2D eigenvalue weighted by Gasteiger charge is 2.24. The fraction of sp³-hybridized carbons (Fsp3) is 0.120. The number of aromatic carboxylic acids is 1. The van der Waals surface area contributed by atoms with Crippen LogP contribution in [0.3, 0.4) is 0 Å². The molecule has 0 atom stereocenters. The maximum Gasteiger partial charge on any atom is 0.339 e. The van der Waals surface area contributed by atoms with Crippen molar-refractivity contribution >= 4 is 21.9 Å². The average Bonchev–Trinajstić information content (AvgIpc) is 3.15. The van der Waals surface area contributed by atoms with E-state index in [4.69, 9.17) is 5.10 Å². The molecule has 0 aliphatic heterocycles. The van der Waals surface area contributed by atoms with Crippen LogP contribution in [0.15, 0.2) is 83.3 Å². The third kappa shape index (κ3) is 3.94. The summed E-state index contributed by atoms with van der Waals surface area (Å²) in [6, 6.07) is 25.7. The lowest BCUT2D eigenvalue weighted by molar-refractivity contribution is 0.0696. The lowest BCUT2D eigenvalue weighted by Crippen LogP contribution is -2.06. The number of halogens is 1. The monoisotopic (exact) mass is 460 g/mol. The van der Waals surface area contributed by atoms with Crippen LogP contribution in [-0.4, -0.2) is 20.9 Å². The molecular weight excluding hydrogens is 440 g/mol. The zero-order chi connectivity index (χ0) is 21.1. The Morgan fingerprint density at radius 3 is 2.10 bits per heavy atom. The summed E-state index contributed by atoms with van der Waals surface area (Å²) in [6.07, 6.45) is 1.46. The van der Waals surface area contributed by atoms with Crippen LogP contribution in [0, 0.1) is 0 Å². The molecule has 1 N–H and O–H groups in total. The molecule has 30 heavy (non-hydrogen) atoms. The molecule has 4 aromatic rings. The van der Waals surface area contributed by atoms with Gasteiger partial charge < -0.3 is 5.11 Å². The minimum atomic E-state index is -0.955. The van der Waals surface area contributed by atoms with E-state index < -0.39 is 5.97 Å². The standard InChI is InChI=1S/C25H21BrN2O2/c1-2-6-22-23(25(29)30)24(27-28(22)21-15-13-20(26)14-16-21)19-11-9-18(10-12-19)17-7-4-3-5-8-17/h3-5,7-16H,2,6H2,1H3,(H,29,30). The van der Waals surface area contributed by atoms with Gasteiger partial charge in [-0.1, -0.05) is 83.9 Å². The molecule has 0 saturated carbocycles. The van der Waals surface area contributed by atoms with Gasteiger partial charge in [-0.15, -0.1) is 0 Å². The molecule has 4 nitrogen and oxygen atoms in total. The van der Waals surface area contributed by atoms with Gasteiger partial charge in [0, 0.05) is 10.0 Å². The second-order valence-corrected chi connectivity index (χ2v) is 7.97. The van der Waals surface area contributed by atoms with E-state index in [-0.39, 0.29) is 5.56 Å². The van der Waals surface area contributed by atoms with E-state index >= 15 is 0 Å². The Bertz CT molecular complexity index is 1160. The summed E-state index contributed by atoms with van der Waals surface area (Å²) in [4.78, 5) is 12.2. The lowest BCUT2D eigenvalue weighted by atomic mass is 10.00. The Labute approximate surface area is 183 Å². The molecule has 4 rings (SSSR count). The van der Waals surface area contributed by atoms with Gasteiger partial charge >= 0.3 is 5.97 Å². The molecule has 0 bridgehead atoms. The van der Waals surface area contributed by atoms with Gasteiger partial charge in [-0.2, -0.15) is 5.10 Å². The normalized spacial score (nSPS) is 10.9. The molecular formula is C25H21BrN2O2. The number of hydrogen-bond donors (Lipinski definition) is 1. The van der Waals surface area contributed by atoms with Gasteiger partial charge in [0.1, 0.15) is 11.3 Å². The van der Waals surface area contributed by atoms with E-state index in [2.05, 4.69) is 28.1 Å². The summed E-state index contributed by atoms with van der Waals surface area (Å²) in [5.41, 5.74) is 5.32. The smallest absolute Gasteiger partial charge is 0.339 e. The lowest BCUT2D eigenvalue weighted by Gasteiger charge is -2.07. The molecule has 0 fully saturated rings. The van der Waals surface area contributed by atoms with Gasteiger partial charge in [0.2, 0.25) is 0 Å². The molecule has 0 aliphatic rings. The van der Waals surface area contributed by atoms with Crippen LogP contribution < -0.4 is 0 Å². The van der Waals surface area contributed by atoms with Crippen LogP contribution >= 0.6 is 15.9 Å². The van der Waals surface area contributed by atoms with E-state index in [1.54, 1.807) is 4.68 Å². The van der Waals surface area contributed by atoms with Crippen molar-refractivity contribution in [2.75, 3.05) is 0 Å². The van der Waals surface area contributed by atoms with Crippen molar-refractivity contribution in [2.45, 2.75) is 19.8 Å². The zero-order valence-corrected chi connectivity index (χ0v) is 18.1. The van der Waals surface area contributed by atoms with Crippen molar-refractivity contribution in [1.82, 2.24) is 9.78 Å². The van der Waals surface area contributed by atoms with Gasteiger partial charge in [-0.3, -0.25) is 0 Å². The molecule has 150 valence electrons. The molecule has 1 aromatic heterocycles. The quantitative estimate of drug-likeness (QED) is 0.351. The van der Waals surface area contributed by atoms with E-state index in [1.165, 1.54) is 0 Å². The number of rotatable bonds is 6. The maximum absolute atomic E-state index is 12.2. The zero-order valence-electron chi connectivity index (χ0n) is 16.5. The van der Waals surface area contributed by atoms with Gasteiger partial charge in [-0.05, 0) is 41.8 Å². The maximum atomic E-state index is 12.2. The van der Waals surface area contributed by atoms with E-state index in [0.717, 1.165) is 39.0 Å². The molecule has 1 heterocycles. The molecule has 0 radical (unpaired) electrons. The topological polar surface area (TPSA) is 55.1 Å². The number of carboxylic acid groups (broad SMARTS) is 1. The second-order valence-electron chi connectivity index (χ2n) is 7.06. The van der Waals surface area contributed by atoms with Crippen molar-refractivity contribution in [3.63, 3.8) is 0 Å². The molecule has 3 aromatic carbocycles. The van der Waals surface area contributed by atoms with Gasteiger partial charge in [0.25, 0.3) is 0 Å². The summed E-state index contributed by atoms with van der Waals surface area (Å²) in [5, 5.41) is 14.8. The molecule has 0 aliphatic carbocycles. The van der Waals surface area contributed by atoms with E-state index in [1.807, 2.05) is 73.7 Å². The minimum Gasteiger partial charge on any atom is -0.478 e. The Morgan fingerprint density at radius 1 is 0.900 bits per heavy atom. The van der Waals surface area contributed by atoms with Crippen molar-refractivity contribution in [3.05, 3.63) is 94.6 Å². The molecule has 5 heteroatoms. The fourth-order valence-corrected chi connectivity index (χ4v) is 3.86. The van der Waals surface area contributed by atoms with E-state index in [9.17, 15) is 9.90 Å². The Kier molecular flexibility index (Phi) is 5.81. The third-order valence-electron chi connectivity index (χ3n) is 5.02. The largest absolute Gasteiger partial charge is 0.478 e. The molecule has 0 unspecified atom stereocenters. The predicted molar refractivity (Wildman–Crippen MR) is 123 cm³/mol. The first kappa shape index (κ1) is 20.1. The van der Waals surface area contributed by atoms with Crippen molar-refractivity contribution in [1.29, 1.82) is 0 Å². The van der Waals surface area contributed by atoms with Gasteiger partial charge in [0.05, 0.1) is 11.4 Å². The first-order valence-corrected chi connectivity index (χ1v) is 10.6. The minimum absolute atomic E-state index is 0.271. The van der Waals surface area contributed by atoms with Crippen LogP contribution in [-0.2, 0) is 6.42 Å². The summed E-state index contributed by atoms with van der Waals surface area (Å²) in [5.74, 6) is -0.955. The summed E-state index contributed by atoms with van der Waals surface area (Å²) in [6.45, 7) is 2.04. The Morgan fingerprint density at radius 2 is 1.50 bits per heavy atom. The van der Waals surface area contributed by atoms with Crippen LogP contribution in [0.5, 0.6) is 0 Å². The SMILES string of the molecule is CCCc1c(C(=O)O)c(-c2ccc(-c3ccccc3)cc2)nn1-c1ccc(Br)cc1. The van der Waals surface area contributed by atoms with Crippen LogP contribution in [0.2, 0.25) is 0 Å². The number of carboxylic acids is 1. The molecule has 0 amide bonds. The van der Waals surface area contributed by atoms with Gasteiger partial charge in [0.15, 0.2) is 0 Å². The summed E-state index contributed by atoms with van der Waals surface area (Å²) >= 11 is 3.45. The first-order valence-electron chi connectivity index (χ1n) is 9.85. The highest BCUT2D eigenvalue weighted by molar-refractivity contribution is 9.10. The summed E-state index contributed by atoms with van der Waals surface area (Å²) < 4.78 is 2.73. The highest BCUT2D eigenvalue weighted by Crippen LogP contribution is 2.31. The highest BCUT2D eigenvalue weighted by atomic mass is 79.9. The van der Waals surface area contributed by atoms with Crippen molar-refractivity contribution in [3.8, 4) is 28.1 Å².